The Balaban J connectivity index is 2.21. The second-order valence-corrected chi connectivity index (χ2v) is 5.15. The summed E-state index contributed by atoms with van der Waals surface area (Å²) in [6, 6.07) is 12.9. The highest BCUT2D eigenvalue weighted by atomic mass is 19.3. The first-order valence-electron chi connectivity index (χ1n) is 6.97. The Labute approximate surface area is 124 Å². The lowest BCUT2D eigenvalue weighted by Crippen LogP contribution is -2.18. The quantitative estimate of drug-likeness (QED) is 0.827. The zero-order chi connectivity index (χ0) is 15.4. The summed E-state index contributed by atoms with van der Waals surface area (Å²) in [5.74, 6) is 0. The molecular formula is C17H20F2N2. The number of halogens is 2. The Hall–Kier alpha value is -2.10. The van der Waals surface area contributed by atoms with Crippen molar-refractivity contribution in [3.05, 3.63) is 59.2 Å². The number of nitrogens with two attached hydrogens (primary N) is 1. The molecule has 2 aromatic rings. The molecule has 112 valence electrons. The van der Waals surface area contributed by atoms with E-state index in [0.717, 1.165) is 12.0 Å². The third-order valence-electron chi connectivity index (χ3n) is 3.55. The van der Waals surface area contributed by atoms with Gasteiger partial charge in [0.15, 0.2) is 0 Å². The predicted octanol–water partition coefficient (Wildman–Crippen LogP) is 4.41. The summed E-state index contributed by atoms with van der Waals surface area (Å²) in [7, 11) is 1.81. The molecule has 0 spiro atoms. The Morgan fingerprint density at radius 1 is 1.05 bits per heavy atom. The van der Waals surface area contributed by atoms with Crippen molar-refractivity contribution in [3.8, 4) is 0 Å². The summed E-state index contributed by atoms with van der Waals surface area (Å²) in [4.78, 5) is 1.82. The maximum Gasteiger partial charge on any atom is 0.265 e. The van der Waals surface area contributed by atoms with Crippen molar-refractivity contribution in [2.45, 2.75) is 26.3 Å². The predicted molar refractivity (Wildman–Crippen MR) is 83.7 cm³/mol. The number of benzene rings is 2. The summed E-state index contributed by atoms with van der Waals surface area (Å²) < 4.78 is 26.2. The number of hydrogen-bond acceptors (Lipinski definition) is 2. The van der Waals surface area contributed by atoms with Crippen molar-refractivity contribution in [2.24, 2.45) is 0 Å². The van der Waals surface area contributed by atoms with Crippen LogP contribution in [0.15, 0.2) is 42.5 Å². The molecule has 0 unspecified atom stereocenters. The Bertz CT molecular complexity index is 594. The van der Waals surface area contributed by atoms with Gasteiger partial charge in [-0.15, -0.1) is 0 Å². The first kappa shape index (κ1) is 15.3. The van der Waals surface area contributed by atoms with Crippen LogP contribution >= 0.6 is 0 Å². The van der Waals surface area contributed by atoms with Gasteiger partial charge in [-0.1, -0.05) is 31.2 Å². The molecule has 0 fully saturated rings. The minimum absolute atomic E-state index is 0.0253. The number of nitrogen functional groups attached to an aromatic ring is 1. The molecule has 0 aliphatic heterocycles. The van der Waals surface area contributed by atoms with Gasteiger partial charge in [0.05, 0.1) is 0 Å². The molecule has 0 saturated heterocycles. The van der Waals surface area contributed by atoms with Crippen LogP contribution < -0.4 is 10.6 Å². The van der Waals surface area contributed by atoms with E-state index in [1.165, 1.54) is 11.6 Å². The fourth-order valence-electron chi connectivity index (χ4n) is 2.33. The van der Waals surface area contributed by atoms with E-state index < -0.39 is 6.43 Å². The molecule has 4 heteroatoms. The normalized spacial score (nSPS) is 10.9. The molecule has 2 nitrogen and oxygen atoms in total. The van der Waals surface area contributed by atoms with Crippen molar-refractivity contribution < 1.29 is 8.78 Å². The molecule has 21 heavy (non-hydrogen) atoms. The number of alkyl halides is 2. The van der Waals surface area contributed by atoms with Crippen LogP contribution in [-0.4, -0.2) is 7.05 Å². The van der Waals surface area contributed by atoms with Gasteiger partial charge in [-0.3, -0.25) is 0 Å². The molecule has 0 amide bonds. The largest absolute Gasteiger partial charge is 0.399 e. The van der Waals surface area contributed by atoms with E-state index in [0.29, 0.717) is 17.9 Å². The molecule has 0 aromatic heterocycles. The van der Waals surface area contributed by atoms with E-state index in [2.05, 4.69) is 19.1 Å². The van der Waals surface area contributed by atoms with Gasteiger partial charge in [0.1, 0.15) is 0 Å². The number of rotatable bonds is 5. The number of hydrogen-bond donors (Lipinski definition) is 1. The summed E-state index contributed by atoms with van der Waals surface area (Å²) in [5.41, 5.74) is 8.80. The highest BCUT2D eigenvalue weighted by molar-refractivity contribution is 5.60. The lowest BCUT2D eigenvalue weighted by Gasteiger charge is -2.23. The van der Waals surface area contributed by atoms with E-state index in [4.69, 9.17) is 5.73 Å². The van der Waals surface area contributed by atoms with Crippen molar-refractivity contribution in [3.63, 3.8) is 0 Å². The van der Waals surface area contributed by atoms with Crippen LogP contribution in [0.5, 0.6) is 0 Å². The molecule has 0 bridgehead atoms. The molecule has 2 rings (SSSR count). The fraction of sp³-hybridized carbons (Fsp3) is 0.294. The number of aryl methyl sites for hydroxylation is 1. The fourth-order valence-corrected chi connectivity index (χ4v) is 2.33. The van der Waals surface area contributed by atoms with E-state index in [1.807, 2.05) is 24.1 Å². The van der Waals surface area contributed by atoms with Crippen molar-refractivity contribution in [2.75, 3.05) is 17.7 Å². The molecule has 2 N–H and O–H groups in total. The van der Waals surface area contributed by atoms with Crippen LogP contribution in [0.2, 0.25) is 0 Å². The molecule has 0 heterocycles. The zero-order valence-electron chi connectivity index (χ0n) is 12.3. The van der Waals surface area contributed by atoms with Gasteiger partial charge in [0, 0.05) is 30.5 Å². The summed E-state index contributed by atoms with van der Waals surface area (Å²) in [6.07, 6.45) is -1.54. The first-order chi connectivity index (χ1) is 10.0. The van der Waals surface area contributed by atoms with Gasteiger partial charge in [-0.2, -0.15) is 0 Å². The van der Waals surface area contributed by atoms with Crippen molar-refractivity contribution >= 4 is 11.4 Å². The van der Waals surface area contributed by atoms with Gasteiger partial charge < -0.3 is 10.6 Å². The smallest absolute Gasteiger partial charge is 0.265 e. The van der Waals surface area contributed by atoms with E-state index in [1.54, 1.807) is 12.1 Å². The lowest BCUT2D eigenvalue weighted by molar-refractivity contribution is 0.152. The van der Waals surface area contributed by atoms with Crippen LogP contribution in [0.1, 0.15) is 30.0 Å². The van der Waals surface area contributed by atoms with Crippen molar-refractivity contribution in [1.29, 1.82) is 0 Å². The van der Waals surface area contributed by atoms with Crippen LogP contribution in [0.25, 0.3) is 0 Å². The monoisotopic (exact) mass is 290 g/mol. The summed E-state index contributed by atoms with van der Waals surface area (Å²) in [6.45, 7) is 2.68. The molecule has 0 atom stereocenters. The highest BCUT2D eigenvalue weighted by Gasteiger charge is 2.16. The topological polar surface area (TPSA) is 29.3 Å². The molecule has 0 aliphatic rings. The summed E-state index contributed by atoms with van der Waals surface area (Å²) in [5, 5.41) is 0. The third kappa shape index (κ3) is 3.72. The average Bonchev–Trinajstić information content (AvgIpc) is 2.47. The standard InChI is InChI=1S/C17H20F2N2/c1-3-12-4-6-13(7-5-12)11-21(2)16-9-8-14(20)10-15(16)17(18)19/h4-10,17H,3,11,20H2,1-2H3. The Kier molecular flexibility index (Phi) is 4.78. The number of anilines is 2. The SMILES string of the molecule is CCc1ccc(CN(C)c2ccc(N)cc2C(F)F)cc1. The van der Waals surface area contributed by atoms with Crippen molar-refractivity contribution in [1.82, 2.24) is 0 Å². The number of nitrogens with zero attached hydrogens (tertiary/aromatic N) is 1. The van der Waals surface area contributed by atoms with Gasteiger partial charge >= 0.3 is 0 Å². The van der Waals surface area contributed by atoms with Gasteiger partial charge in [-0.25, -0.2) is 8.78 Å². The molecule has 0 saturated carbocycles. The van der Waals surface area contributed by atoms with Crippen LogP contribution in [-0.2, 0) is 13.0 Å². The third-order valence-corrected chi connectivity index (χ3v) is 3.55. The second-order valence-electron chi connectivity index (χ2n) is 5.15. The van der Waals surface area contributed by atoms with Crippen LogP contribution in [0, 0.1) is 0 Å². The molecule has 2 aromatic carbocycles. The zero-order valence-corrected chi connectivity index (χ0v) is 12.3. The van der Waals surface area contributed by atoms with Crippen LogP contribution in [0.3, 0.4) is 0 Å². The Morgan fingerprint density at radius 2 is 1.67 bits per heavy atom. The summed E-state index contributed by atoms with van der Waals surface area (Å²) >= 11 is 0. The van der Waals surface area contributed by atoms with Crippen LogP contribution in [0.4, 0.5) is 20.2 Å². The molecule has 0 radical (unpaired) electrons. The second kappa shape index (κ2) is 6.57. The maximum absolute atomic E-state index is 13.1. The average molecular weight is 290 g/mol. The Morgan fingerprint density at radius 3 is 2.24 bits per heavy atom. The van der Waals surface area contributed by atoms with Gasteiger partial charge in [0.2, 0.25) is 0 Å². The molecular weight excluding hydrogens is 270 g/mol. The maximum atomic E-state index is 13.1. The first-order valence-corrected chi connectivity index (χ1v) is 6.97. The van der Waals surface area contributed by atoms with E-state index in [9.17, 15) is 8.78 Å². The lowest BCUT2D eigenvalue weighted by atomic mass is 10.1. The van der Waals surface area contributed by atoms with E-state index >= 15 is 0 Å². The minimum Gasteiger partial charge on any atom is -0.399 e. The van der Waals surface area contributed by atoms with Gasteiger partial charge in [0.25, 0.3) is 6.43 Å². The van der Waals surface area contributed by atoms with Gasteiger partial charge in [-0.05, 0) is 35.7 Å². The molecule has 0 aliphatic carbocycles. The van der Waals surface area contributed by atoms with E-state index in [-0.39, 0.29) is 5.56 Å². The minimum atomic E-state index is -2.53. The highest BCUT2D eigenvalue weighted by Crippen LogP contribution is 2.31.